The Balaban J connectivity index is 0.00000288. The fourth-order valence-electron chi connectivity index (χ4n) is 2.74. The summed E-state index contributed by atoms with van der Waals surface area (Å²) >= 11 is 0. The number of halogens is 1. The first-order valence-corrected chi connectivity index (χ1v) is 8.63. The first-order chi connectivity index (χ1) is 11.2. The molecule has 0 bridgehead atoms. The van der Waals surface area contributed by atoms with Crippen LogP contribution in [0.1, 0.15) is 37.8 Å². The second kappa shape index (κ2) is 11.7. The standard InChI is InChI=1S/C18H30N4O.HI/c1-3-4-8-20-18(19)21-12-16-6-5-7-17(11-16)14-22-9-10-23-15(2)13-22;/h5-7,11,15H,3-4,8-10,12-14H2,1-2H3,(H3,19,20,21);1H. The van der Waals surface area contributed by atoms with E-state index in [0.29, 0.717) is 18.6 Å². The molecule has 0 saturated carbocycles. The molecule has 1 aromatic carbocycles. The highest BCUT2D eigenvalue weighted by atomic mass is 127. The van der Waals surface area contributed by atoms with Gasteiger partial charge in [-0.05, 0) is 24.5 Å². The Morgan fingerprint density at radius 3 is 2.96 bits per heavy atom. The highest BCUT2D eigenvalue weighted by molar-refractivity contribution is 14.0. The van der Waals surface area contributed by atoms with Gasteiger partial charge in [0.05, 0.1) is 19.3 Å². The van der Waals surface area contributed by atoms with Crippen LogP contribution in [0, 0.1) is 0 Å². The van der Waals surface area contributed by atoms with E-state index in [-0.39, 0.29) is 24.0 Å². The molecule has 0 aromatic heterocycles. The van der Waals surface area contributed by atoms with Gasteiger partial charge in [-0.25, -0.2) is 4.99 Å². The molecule has 1 saturated heterocycles. The molecule has 1 atom stereocenters. The third-order valence-corrected chi connectivity index (χ3v) is 3.99. The van der Waals surface area contributed by atoms with Gasteiger partial charge in [0.1, 0.15) is 0 Å². The molecule has 6 heteroatoms. The zero-order valence-corrected chi connectivity index (χ0v) is 17.2. The molecule has 2 rings (SSSR count). The van der Waals surface area contributed by atoms with Crippen LogP contribution in [0.4, 0.5) is 0 Å². The van der Waals surface area contributed by atoms with E-state index in [1.807, 2.05) is 0 Å². The highest BCUT2D eigenvalue weighted by Gasteiger charge is 2.16. The lowest BCUT2D eigenvalue weighted by atomic mass is 10.1. The van der Waals surface area contributed by atoms with Crippen molar-refractivity contribution < 1.29 is 4.74 Å². The number of hydrogen-bond donors (Lipinski definition) is 2. The van der Waals surface area contributed by atoms with E-state index in [0.717, 1.165) is 45.6 Å². The number of benzene rings is 1. The minimum atomic E-state index is 0. The number of unbranched alkanes of at least 4 members (excludes halogenated alkanes) is 1. The van der Waals surface area contributed by atoms with Gasteiger partial charge in [0.25, 0.3) is 0 Å². The highest BCUT2D eigenvalue weighted by Crippen LogP contribution is 2.12. The van der Waals surface area contributed by atoms with Gasteiger partial charge in [-0.1, -0.05) is 37.6 Å². The zero-order valence-electron chi connectivity index (χ0n) is 14.8. The van der Waals surface area contributed by atoms with Crippen LogP contribution in [0.15, 0.2) is 29.3 Å². The SMILES string of the molecule is CCCCNC(N)=NCc1cccc(CN2CCOC(C)C2)c1.I. The van der Waals surface area contributed by atoms with Crippen molar-refractivity contribution >= 4 is 29.9 Å². The van der Waals surface area contributed by atoms with Gasteiger partial charge in [-0.3, -0.25) is 4.90 Å². The molecule has 1 aliphatic rings. The summed E-state index contributed by atoms with van der Waals surface area (Å²) in [5.74, 6) is 0.533. The van der Waals surface area contributed by atoms with Crippen molar-refractivity contribution in [1.82, 2.24) is 10.2 Å². The molecule has 1 aliphatic heterocycles. The van der Waals surface area contributed by atoms with Crippen molar-refractivity contribution in [3.63, 3.8) is 0 Å². The summed E-state index contributed by atoms with van der Waals surface area (Å²) in [5, 5.41) is 3.14. The number of nitrogens with one attached hydrogen (secondary N) is 1. The van der Waals surface area contributed by atoms with Crippen LogP contribution < -0.4 is 11.1 Å². The Bertz CT molecular complexity index is 510. The Morgan fingerprint density at radius 2 is 2.21 bits per heavy atom. The summed E-state index contributed by atoms with van der Waals surface area (Å²) in [6.45, 7) is 9.60. The average Bonchev–Trinajstić information content (AvgIpc) is 2.54. The second-order valence-electron chi connectivity index (χ2n) is 6.22. The monoisotopic (exact) mass is 446 g/mol. The third kappa shape index (κ3) is 7.81. The molecule has 0 spiro atoms. The van der Waals surface area contributed by atoms with Crippen LogP contribution >= 0.6 is 24.0 Å². The Labute approximate surface area is 163 Å². The number of nitrogens with two attached hydrogens (primary N) is 1. The van der Waals surface area contributed by atoms with Gasteiger partial charge in [0.2, 0.25) is 0 Å². The zero-order chi connectivity index (χ0) is 16.5. The Kier molecular flexibility index (Phi) is 10.3. The molecule has 0 amide bonds. The summed E-state index contributed by atoms with van der Waals surface area (Å²) in [6.07, 6.45) is 2.59. The molecule has 136 valence electrons. The van der Waals surface area contributed by atoms with Gasteiger partial charge >= 0.3 is 0 Å². The fraction of sp³-hybridized carbons (Fsp3) is 0.611. The van der Waals surface area contributed by atoms with Crippen LogP contribution in [0.3, 0.4) is 0 Å². The van der Waals surface area contributed by atoms with E-state index in [1.165, 1.54) is 11.1 Å². The van der Waals surface area contributed by atoms with Gasteiger partial charge in [-0.15, -0.1) is 24.0 Å². The van der Waals surface area contributed by atoms with Crippen molar-refractivity contribution in [2.75, 3.05) is 26.2 Å². The van der Waals surface area contributed by atoms with Gasteiger partial charge in [0.15, 0.2) is 5.96 Å². The number of ether oxygens (including phenoxy) is 1. The quantitative estimate of drug-likeness (QED) is 0.293. The maximum atomic E-state index is 5.88. The summed E-state index contributed by atoms with van der Waals surface area (Å²) in [7, 11) is 0. The molecular formula is C18H31IN4O. The summed E-state index contributed by atoms with van der Waals surface area (Å²) in [4.78, 5) is 6.86. The Hall–Kier alpha value is -0.860. The molecule has 1 fully saturated rings. The first kappa shape index (κ1) is 21.2. The second-order valence-corrected chi connectivity index (χ2v) is 6.22. The van der Waals surface area contributed by atoms with E-state index in [4.69, 9.17) is 10.5 Å². The molecule has 1 aromatic rings. The topological polar surface area (TPSA) is 62.9 Å². The van der Waals surface area contributed by atoms with Crippen LogP contribution in [-0.2, 0) is 17.8 Å². The average molecular weight is 446 g/mol. The van der Waals surface area contributed by atoms with Crippen molar-refractivity contribution in [3.05, 3.63) is 35.4 Å². The molecule has 1 heterocycles. The molecule has 0 radical (unpaired) electrons. The minimum absolute atomic E-state index is 0. The summed E-state index contributed by atoms with van der Waals surface area (Å²) < 4.78 is 5.59. The molecule has 5 nitrogen and oxygen atoms in total. The minimum Gasteiger partial charge on any atom is -0.376 e. The van der Waals surface area contributed by atoms with Gasteiger partial charge in [-0.2, -0.15) is 0 Å². The van der Waals surface area contributed by atoms with E-state index >= 15 is 0 Å². The Morgan fingerprint density at radius 1 is 1.42 bits per heavy atom. The van der Waals surface area contributed by atoms with E-state index in [9.17, 15) is 0 Å². The van der Waals surface area contributed by atoms with Crippen LogP contribution in [0.25, 0.3) is 0 Å². The lowest BCUT2D eigenvalue weighted by Crippen LogP contribution is -2.40. The smallest absolute Gasteiger partial charge is 0.188 e. The maximum absolute atomic E-state index is 5.88. The number of nitrogens with zero attached hydrogens (tertiary/aromatic N) is 2. The lowest BCUT2D eigenvalue weighted by molar-refractivity contribution is -0.0212. The number of guanidine groups is 1. The number of aliphatic imine (C=N–C) groups is 1. The predicted molar refractivity (Wildman–Crippen MR) is 111 cm³/mol. The number of rotatable bonds is 7. The van der Waals surface area contributed by atoms with E-state index in [1.54, 1.807) is 0 Å². The molecule has 24 heavy (non-hydrogen) atoms. The third-order valence-electron chi connectivity index (χ3n) is 3.99. The lowest BCUT2D eigenvalue weighted by Gasteiger charge is -2.31. The number of morpholine rings is 1. The van der Waals surface area contributed by atoms with E-state index < -0.39 is 0 Å². The molecule has 3 N–H and O–H groups in total. The summed E-state index contributed by atoms with van der Waals surface area (Å²) in [5.41, 5.74) is 8.40. The van der Waals surface area contributed by atoms with Gasteiger partial charge in [0, 0.05) is 26.2 Å². The van der Waals surface area contributed by atoms with E-state index in [2.05, 4.69) is 53.3 Å². The van der Waals surface area contributed by atoms with Crippen molar-refractivity contribution in [2.24, 2.45) is 10.7 Å². The first-order valence-electron chi connectivity index (χ1n) is 8.63. The van der Waals surface area contributed by atoms with Crippen LogP contribution in [0.2, 0.25) is 0 Å². The molecule has 1 unspecified atom stereocenters. The van der Waals surface area contributed by atoms with Crippen molar-refractivity contribution in [3.8, 4) is 0 Å². The molecular weight excluding hydrogens is 415 g/mol. The number of hydrogen-bond acceptors (Lipinski definition) is 3. The maximum Gasteiger partial charge on any atom is 0.188 e. The normalized spacial score (nSPS) is 18.9. The predicted octanol–water partition coefficient (Wildman–Crippen LogP) is 2.73. The van der Waals surface area contributed by atoms with Crippen molar-refractivity contribution in [2.45, 2.75) is 45.9 Å². The summed E-state index contributed by atoms with van der Waals surface area (Å²) in [6, 6.07) is 8.61. The van der Waals surface area contributed by atoms with Gasteiger partial charge < -0.3 is 15.8 Å². The van der Waals surface area contributed by atoms with Crippen LogP contribution in [-0.4, -0.2) is 43.2 Å². The van der Waals surface area contributed by atoms with Crippen molar-refractivity contribution in [1.29, 1.82) is 0 Å². The largest absolute Gasteiger partial charge is 0.376 e. The molecule has 0 aliphatic carbocycles. The van der Waals surface area contributed by atoms with Crippen LogP contribution in [0.5, 0.6) is 0 Å². The fourth-order valence-corrected chi connectivity index (χ4v) is 2.74.